The molecule has 1 aliphatic heterocycles. The second-order valence-electron chi connectivity index (χ2n) is 5.70. The number of carbonyl (C=O) groups is 2. The van der Waals surface area contributed by atoms with Crippen molar-refractivity contribution >= 4 is 35.6 Å². The quantitative estimate of drug-likeness (QED) is 0.768. The number of nitrogens with zero attached hydrogens (tertiary/aromatic N) is 2. The van der Waals surface area contributed by atoms with E-state index in [2.05, 4.69) is 21.0 Å². The average Bonchev–Trinajstić information content (AvgIpc) is 2.95. The van der Waals surface area contributed by atoms with Crippen LogP contribution in [0.2, 0.25) is 0 Å². The zero-order chi connectivity index (χ0) is 17.3. The molecular formula is C16H19ClFN5O2. The second kappa shape index (κ2) is 7.62. The molecule has 0 fully saturated rings. The van der Waals surface area contributed by atoms with E-state index in [1.54, 1.807) is 31.2 Å². The molecule has 1 aromatic heterocycles. The van der Waals surface area contributed by atoms with Gasteiger partial charge in [0, 0.05) is 30.9 Å². The third kappa shape index (κ3) is 3.97. The van der Waals surface area contributed by atoms with Gasteiger partial charge in [0.05, 0.1) is 11.9 Å². The summed E-state index contributed by atoms with van der Waals surface area (Å²) in [5.41, 5.74) is 1.96. The zero-order valence-corrected chi connectivity index (χ0v) is 14.6. The minimum absolute atomic E-state index is 0. The van der Waals surface area contributed by atoms with Gasteiger partial charge in [0.1, 0.15) is 11.9 Å². The number of halogens is 2. The van der Waals surface area contributed by atoms with Crippen molar-refractivity contribution in [2.24, 2.45) is 7.05 Å². The van der Waals surface area contributed by atoms with Crippen molar-refractivity contribution in [1.82, 2.24) is 15.1 Å². The van der Waals surface area contributed by atoms with Crippen molar-refractivity contribution in [3.05, 3.63) is 41.5 Å². The molecular weight excluding hydrogens is 349 g/mol. The lowest BCUT2D eigenvalue weighted by molar-refractivity contribution is -0.118. The van der Waals surface area contributed by atoms with Crippen LogP contribution < -0.4 is 16.0 Å². The van der Waals surface area contributed by atoms with Gasteiger partial charge in [-0.3, -0.25) is 14.3 Å². The van der Waals surface area contributed by atoms with E-state index in [9.17, 15) is 14.0 Å². The lowest BCUT2D eigenvalue weighted by Crippen LogP contribution is -2.31. The number of rotatable bonds is 4. The Labute approximate surface area is 150 Å². The van der Waals surface area contributed by atoms with Gasteiger partial charge in [0.2, 0.25) is 11.8 Å². The first-order chi connectivity index (χ1) is 11.5. The van der Waals surface area contributed by atoms with E-state index >= 15 is 0 Å². The Morgan fingerprint density at radius 2 is 2.16 bits per heavy atom. The van der Waals surface area contributed by atoms with Gasteiger partial charge >= 0.3 is 0 Å². The maximum Gasteiger partial charge on any atom is 0.246 e. The van der Waals surface area contributed by atoms with Crippen LogP contribution in [-0.4, -0.2) is 28.6 Å². The molecule has 25 heavy (non-hydrogen) atoms. The molecule has 0 radical (unpaired) electrons. The molecule has 7 nitrogen and oxygen atoms in total. The summed E-state index contributed by atoms with van der Waals surface area (Å²) in [5.74, 6) is -1.05. The van der Waals surface area contributed by atoms with Crippen molar-refractivity contribution < 1.29 is 14.0 Å². The summed E-state index contributed by atoms with van der Waals surface area (Å²) in [6, 6.07) is 2.14. The van der Waals surface area contributed by atoms with E-state index in [0.29, 0.717) is 24.1 Å². The summed E-state index contributed by atoms with van der Waals surface area (Å²) >= 11 is 0. The highest BCUT2D eigenvalue weighted by Crippen LogP contribution is 2.29. The van der Waals surface area contributed by atoms with Crippen LogP contribution in [0.3, 0.4) is 0 Å². The Morgan fingerprint density at radius 3 is 2.80 bits per heavy atom. The summed E-state index contributed by atoms with van der Waals surface area (Å²) in [5, 5.41) is 12.2. The van der Waals surface area contributed by atoms with Crippen molar-refractivity contribution in [1.29, 1.82) is 0 Å². The molecule has 1 unspecified atom stereocenters. The van der Waals surface area contributed by atoms with Crippen molar-refractivity contribution in [3.63, 3.8) is 0 Å². The molecule has 0 saturated heterocycles. The lowest BCUT2D eigenvalue weighted by atomic mass is 10.0. The predicted molar refractivity (Wildman–Crippen MR) is 94.2 cm³/mol. The number of likely N-dealkylation sites (N-methyl/N-ethyl adjacent to an activating group) is 1. The second-order valence-corrected chi connectivity index (χ2v) is 5.70. The Morgan fingerprint density at radius 1 is 1.40 bits per heavy atom. The molecule has 0 bridgehead atoms. The highest BCUT2D eigenvalue weighted by atomic mass is 35.5. The summed E-state index contributed by atoms with van der Waals surface area (Å²) in [7, 11) is 3.39. The van der Waals surface area contributed by atoms with Gasteiger partial charge in [-0.05, 0) is 31.2 Å². The number of nitrogens with one attached hydrogen (secondary N) is 3. The molecule has 2 aromatic rings. The van der Waals surface area contributed by atoms with Crippen LogP contribution in [0.1, 0.15) is 23.6 Å². The monoisotopic (exact) mass is 367 g/mol. The molecule has 0 saturated carbocycles. The zero-order valence-electron chi connectivity index (χ0n) is 13.8. The smallest absolute Gasteiger partial charge is 0.246 e. The van der Waals surface area contributed by atoms with Gasteiger partial charge in [-0.2, -0.15) is 5.10 Å². The van der Waals surface area contributed by atoms with Gasteiger partial charge in [-0.15, -0.1) is 12.4 Å². The van der Waals surface area contributed by atoms with E-state index in [1.807, 2.05) is 0 Å². The number of aryl methyl sites for hydroxylation is 2. The fraction of sp³-hybridized carbons (Fsp3) is 0.312. The number of amides is 2. The van der Waals surface area contributed by atoms with Crippen LogP contribution in [0.4, 0.5) is 15.8 Å². The summed E-state index contributed by atoms with van der Waals surface area (Å²) in [4.78, 5) is 23.9. The molecule has 0 aliphatic carbocycles. The maximum atomic E-state index is 14.2. The molecule has 2 heterocycles. The van der Waals surface area contributed by atoms with Crippen LogP contribution in [0.25, 0.3) is 0 Å². The minimum atomic E-state index is -0.663. The minimum Gasteiger partial charge on any atom is -0.326 e. The van der Waals surface area contributed by atoms with E-state index in [4.69, 9.17) is 0 Å². The molecule has 1 aliphatic rings. The van der Waals surface area contributed by atoms with E-state index in [-0.39, 0.29) is 24.0 Å². The fourth-order valence-corrected chi connectivity index (χ4v) is 2.74. The molecule has 134 valence electrons. The van der Waals surface area contributed by atoms with Crippen molar-refractivity contribution in [2.45, 2.75) is 18.9 Å². The summed E-state index contributed by atoms with van der Waals surface area (Å²) in [6.07, 6.45) is 4.11. The van der Waals surface area contributed by atoms with E-state index < -0.39 is 17.8 Å². The predicted octanol–water partition coefficient (Wildman–Crippen LogP) is 1.76. The van der Waals surface area contributed by atoms with Crippen molar-refractivity contribution in [2.75, 3.05) is 17.7 Å². The standard InChI is InChI=1S/C16H18FN5O2.ClH/c1-18-15(10-7-19-22(2)8-10)16(24)21-13-6-12-9(5-11(13)17)3-4-14(23)20-12;/h5-8,15,18H,3-4H2,1-2H3,(H,20,23)(H,21,24);1H. The highest BCUT2D eigenvalue weighted by Gasteiger charge is 2.23. The maximum absolute atomic E-state index is 14.2. The molecule has 3 N–H and O–H groups in total. The molecule has 0 spiro atoms. The van der Waals surface area contributed by atoms with Crippen LogP contribution in [0.5, 0.6) is 0 Å². The molecule has 9 heteroatoms. The number of hydrogen-bond acceptors (Lipinski definition) is 4. The Bertz CT molecular complexity index is 808. The number of fused-ring (bicyclic) bond motifs is 1. The summed E-state index contributed by atoms with van der Waals surface area (Å²) < 4.78 is 15.8. The van der Waals surface area contributed by atoms with Crippen molar-refractivity contribution in [3.8, 4) is 0 Å². The first kappa shape index (κ1) is 18.9. The van der Waals surface area contributed by atoms with E-state index in [0.717, 1.165) is 5.56 Å². The number of carbonyl (C=O) groups excluding carboxylic acids is 2. The van der Waals surface area contributed by atoms with Crippen LogP contribution in [-0.2, 0) is 23.1 Å². The highest BCUT2D eigenvalue weighted by molar-refractivity contribution is 5.98. The Balaban J connectivity index is 0.00000225. The third-order valence-electron chi connectivity index (χ3n) is 3.96. The normalized spacial score (nSPS) is 14.1. The first-order valence-corrected chi connectivity index (χ1v) is 7.57. The SMILES string of the molecule is CNC(C(=O)Nc1cc2c(cc1F)CCC(=O)N2)c1cnn(C)c1.Cl. The van der Waals surface area contributed by atoms with Gasteiger partial charge in [-0.25, -0.2) is 4.39 Å². The fourth-order valence-electron chi connectivity index (χ4n) is 2.74. The average molecular weight is 368 g/mol. The number of aromatic nitrogens is 2. The molecule has 2 amide bonds. The molecule has 1 aromatic carbocycles. The molecule has 3 rings (SSSR count). The largest absolute Gasteiger partial charge is 0.326 e. The van der Waals surface area contributed by atoms with Gasteiger partial charge in [-0.1, -0.05) is 0 Å². The van der Waals surface area contributed by atoms with Crippen LogP contribution >= 0.6 is 12.4 Å². The Hall–Kier alpha value is -2.45. The summed E-state index contributed by atoms with van der Waals surface area (Å²) in [6.45, 7) is 0. The van der Waals surface area contributed by atoms with Gasteiger partial charge in [0.15, 0.2) is 0 Å². The van der Waals surface area contributed by atoms with Crippen LogP contribution in [0, 0.1) is 5.82 Å². The third-order valence-corrected chi connectivity index (χ3v) is 3.96. The Kier molecular flexibility index (Phi) is 5.76. The topological polar surface area (TPSA) is 88.1 Å². The lowest BCUT2D eigenvalue weighted by Gasteiger charge is -2.20. The number of anilines is 2. The van der Waals surface area contributed by atoms with E-state index in [1.165, 1.54) is 12.1 Å². The number of benzene rings is 1. The molecule has 1 atom stereocenters. The van der Waals surface area contributed by atoms with Gasteiger partial charge < -0.3 is 16.0 Å². The number of hydrogen-bond donors (Lipinski definition) is 3. The van der Waals surface area contributed by atoms with Crippen LogP contribution in [0.15, 0.2) is 24.5 Å². The first-order valence-electron chi connectivity index (χ1n) is 7.57. The van der Waals surface area contributed by atoms with Gasteiger partial charge in [0.25, 0.3) is 0 Å².